The van der Waals surface area contributed by atoms with Gasteiger partial charge in [-0.1, -0.05) is 12.1 Å². The fourth-order valence-corrected chi connectivity index (χ4v) is 2.67. The number of fused-ring (bicyclic) bond motifs is 1. The molecule has 2 rings (SSSR count). The highest BCUT2D eigenvalue weighted by atomic mass is 16.5. The quantitative estimate of drug-likeness (QED) is 0.904. The van der Waals surface area contributed by atoms with Gasteiger partial charge in [-0.15, -0.1) is 0 Å². The molecule has 1 aromatic rings. The van der Waals surface area contributed by atoms with Crippen LogP contribution in [0.1, 0.15) is 40.2 Å². The van der Waals surface area contributed by atoms with Crippen molar-refractivity contribution in [2.24, 2.45) is 0 Å². The van der Waals surface area contributed by atoms with Crippen LogP contribution < -0.4 is 14.8 Å². The van der Waals surface area contributed by atoms with Crippen LogP contribution in [0.2, 0.25) is 0 Å². The van der Waals surface area contributed by atoms with E-state index in [0.29, 0.717) is 5.75 Å². The number of benzene rings is 1. The van der Waals surface area contributed by atoms with Crippen LogP contribution in [-0.4, -0.2) is 23.8 Å². The van der Waals surface area contributed by atoms with Gasteiger partial charge in [-0.05, 0) is 40.7 Å². The third kappa shape index (κ3) is 3.68. The third-order valence-electron chi connectivity index (χ3n) is 3.43. The Bertz CT molecular complexity index is 560. The number of para-hydroxylation sites is 1. The molecule has 1 aliphatic heterocycles. The van der Waals surface area contributed by atoms with E-state index in [1.54, 1.807) is 0 Å². The van der Waals surface area contributed by atoms with Crippen LogP contribution in [0.4, 0.5) is 0 Å². The molecule has 0 amide bonds. The van der Waals surface area contributed by atoms with Gasteiger partial charge >= 0.3 is 0 Å². The summed E-state index contributed by atoms with van der Waals surface area (Å²) in [6.45, 7) is 10.3. The lowest BCUT2D eigenvalue weighted by molar-refractivity contribution is 0.129. The van der Waals surface area contributed by atoms with Crippen LogP contribution in [-0.2, 0) is 6.42 Å². The van der Waals surface area contributed by atoms with Crippen LogP contribution in [0.3, 0.4) is 0 Å². The molecule has 4 heteroatoms. The van der Waals surface area contributed by atoms with Gasteiger partial charge < -0.3 is 9.47 Å². The second-order valence-electron chi connectivity index (χ2n) is 6.81. The summed E-state index contributed by atoms with van der Waals surface area (Å²) in [4.78, 5) is 0. The van der Waals surface area contributed by atoms with E-state index in [2.05, 4.69) is 31.3 Å². The Labute approximate surface area is 127 Å². The van der Waals surface area contributed by atoms with Crippen molar-refractivity contribution in [3.05, 3.63) is 23.8 Å². The highest BCUT2D eigenvalue weighted by Crippen LogP contribution is 2.41. The Hall–Kier alpha value is -1.73. The topological polar surface area (TPSA) is 54.3 Å². The van der Waals surface area contributed by atoms with Gasteiger partial charge in [-0.3, -0.25) is 5.32 Å². The van der Waals surface area contributed by atoms with Gasteiger partial charge in [-0.2, -0.15) is 5.26 Å². The van der Waals surface area contributed by atoms with Crippen LogP contribution in [0.25, 0.3) is 0 Å². The summed E-state index contributed by atoms with van der Waals surface area (Å²) in [6, 6.07) is 8.43. The molecule has 0 bridgehead atoms. The van der Waals surface area contributed by atoms with Crippen molar-refractivity contribution >= 4 is 0 Å². The van der Waals surface area contributed by atoms with Crippen LogP contribution in [0.15, 0.2) is 18.2 Å². The van der Waals surface area contributed by atoms with Crippen LogP contribution in [0.5, 0.6) is 11.5 Å². The molecule has 21 heavy (non-hydrogen) atoms. The van der Waals surface area contributed by atoms with Crippen molar-refractivity contribution in [2.75, 3.05) is 6.61 Å². The lowest BCUT2D eigenvalue weighted by Gasteiger charge is -2.26. The Morgan fingerprint density at radius 1 is 1.48 bits per heavy atom. The first kappa shape index (κ1) is 15.7. The van der Waals surface area contributed by atoms with Crippen molar-refractivity contribution in [1.82, 2.24) is 5.32 Å². The summed E-state index contributed by atoms with van der Waals surface area (Å²) in [5, 5.41) is 12.6. The predicted molar refractivity (Wildman–Crippen MR) is 82.6 cm³/mol. The molecule has 1 aliphatic rings. The number of ether oxygens (including phenoxy) is 2. The molecule has 1 heterocycles. The Kier molecular flexibility index (Phi) is 4.15. The Balaban J connectivity index is 2.12. The molecule has 1 unspecified atom stereocenters. The van der Waals surface area contributed by atoms with Gasteiger partial charge in [0.25, 0.3) is 0 Å². The van der Waals surface area contributed by atoms with Crippen LogP contribution >= 0.6 is 0 Å². The summed E-state index contributed by atoms with van der Waals surface area (Å²) in [5.41, 5.74) is 0.245. The molecule has 0 aromatic heterocycles. The third-order valence-corrected chi connectivity index (χ3v) is 3.43. The van der Waals surface area contributed by atoms with E-state index < -0.39 is 5.54 Å². The molecule has 4 nitrogen and oxygen atoms in total. The standard InChI is InChI=1S/C17H24N2O2/c1-12(2)19-17(5,10-18)11-20-14-8-6-7-13-9-16(3,4)21-15(13)14/h6-8,12,19H,9,11H2,1-5H3. The molecule has 0 saturated carbocycles. The monoisotopic (exact) mass is 288 g/mol. The molecular formula is C17H24N2O2. The molecule has 0 radical (unpaired) electrons. The van der Waals surface area contributed by atoms with Crippen molar-refractivity contribution in [1.29, 1.82) is 5.26 Å². The Morgan fingerprint density at radius 3 is 2.81 bits per heavy atom. The number of hydrogen-bond donors (Lipinski definition) is 1. The highest BCUT2D eigenvalue weighted by Gasteiger charge is 2.33. The van der Waals surface area contributed by atoms with Gasteiger partial charge in [0.2, 0.25) is 0 Å². The minimum absolute atomic E-state index is 0.198. The fraction of sp³-hybridized carbons (Fsp3) is 0.588. The smallest absolute Gasteiger partial charge is 0.165 e. The van der Waals surface area contributed by atoms with E-state index in [1.807, 2.05) is 32.9 Å². The number of nitrogens with zero attached hydrogens (tertiary/aromatic N) is 1. The fourth-order valence-electron chi connectivity index (χ4n) is 2.67. The summed E-state index contributed by atoms with van der Waals surface area (Å²) in [7, 11) is 0. The maximum absolute atomic E-state index is 9.36. The summed E-state index contributed by atoms with van der Waals surface area (Å²) >= 11 is 0. The maximum Gasteiger partial charge on any atom is 0.165 e. The summed E-state index contributed by atoms with van der Waals surface area (Å²) < 4.78 is 11.9. The average Bonchev–Trinajstić information content (AvgIpc) is 2.70. The Morgan fingerprint density at radius 2 is 2.19 bits per heavy atom. The van der Waals surface area contributed by atoms with Gasteiger partial charge in [0.15, 0.2) is 11.5 Å². The minimum atomic E-state index is -0.717. The zero-order valence-corrected chi connectivity index (χ0v) is 13.5. The molecule has 1 aromatic carbocycles. The average molecular weight is 288 g/mol. The zero-order chi connectivity index (χ0) is 15.7. The highest BCUT2D eigenvalue weighted by molar-refractivity contribution is 5.50. The van der Waals surface area contributed by atoms with Crippen molar-refractivity contribution in [3.8, 4) is 17.6 Å². The van der Waals surface area contributed by atoms with Gasteiger partial charge in [0.05, 0.1) is 6.07 Å². The van der Waals surface area contributed by atoms with Crippen molar-refractivity contribution < 1.29 is 9.47 Å². The van der Waals surface area contributed by atoms with Crippen molar-refractivity contribution in [2.45, 2.75) is 58.2 Å². The molecular weight excluding hydrogens is 264 g/mol. The van der Waals surface area contributed by atoms with E-state index in [4.69, 9.17) is 9.47 Å². The van der Waals surface area contributed by atoms with Crippen molar-refractivity contribution in [3.63, 3.8) is 0 Å². The lowest BCUT2D eigenvalue weighted by atomic mass is 10.0. The summed E-state index contributed by atoms with van der Waals surface area (Å²) in [5.74, 6) is 1.53. The first-order chi connectivity index (χ1) is 9.75. The van der Waals surface area contributed by atoms with Gasteiger partial charge in [-0.25, -0.2) is 0 Å². The van der Waals surface area contributed by atoms with Crippen LogP contribution in [0, 0.1) is 11.3 Å². The number of nitrogens with one attached hydrogen (secondary N) is 1. The molecule has 114 valence electrons. The van der Waals surface area contributed by atoms with Gasteiger partial charge in [0.1, 0.15) is 17.7 Å². The second-order valence-corrected chi connectivity index (χ2v) is 6.81. The first-order valence-electron chi connectivity index (χ1n) is 7.37. The van der Waals surface area contributed by atoms with E-state index in [-0.39, 0.29) is 18.2 Å². The molecule has 0 saturated heterocycles. The van der Waals surface area contributed by atoms with E-state index in [9.17, 15) is 5.26 Å². The summed E-state index contributed by atoms with van der Waals surface area (Å²) in [6.07, 6.45) is 0.874. The van der Waals surface area contributed by atoms with E-state index in [0.717, 1.165) is 17.7 Å². The van der Waals surface area contributed by atoms with E-state index in [1.165, 1.54) is 0 Å². The van der Waals surface area contributed by atoms with Gasteiger partial charge in [0, 0.05) is 18.0 Å². The molecule has 1 atom stereocenters. The largest absolute Gasteiger partial charge is 0.487 e. The molecule has 1 N–H and O–H groups in total. The molecule has 0 fully saturated rings. The number of rotatable bonds is 5. The molecule has 0 spiro atoms. The number of nitriles is 1. The first-order valence-corrected chi connectivity index (χ1v) is 7.37. The molecule has 0 aliphatic carbocycles. The SMILES string of the molecule is CC(C)NC(C)(C#N)COc1cccc2c1OC(C)(C)C2. The second kappa shape index (κ2) is 5.57. The minimum Gasteiger partial charge on any atom is -0.487 e. The lowest BCUT2D eigenvalue weighted by Crippen LogP contribution is -2.49. The maximum atomic E-state index is 9.36. The predicted octanol–water partition coefficient (Wildman–Crippen LogP) is 3.06. The normalized spacial score (nSPS) is 18.5. The number of hydrogen-bond acceptors (Lipinski definition) is 4. The van der Waals surface area contributed by atoms with E-state index >= 15 is 0 Å². The zero-order valence-electron chi connectivity index (χ0n) is 13.5.